The number of rotatable bonds is 4. The van der Waals surface area contributed by atoms with Gasteiger partial charge in [0, 0.05) is 28.8 Å². The van der Waals surface area contributed by atoms with E-state index in [1.807, 2.05) is 0 Å². The second-order valence-corrected chi connectivity index (χ2v) is 11.9. The Morgan fingerprint density at radius 3 is 2.66 bits per heavy atom. The molecule has 0 saturated carbocycles. The largest absolute Gasteiger partial charge is 0.421 e. The Kier molecular flexibility index (Phi) is 8.63. The molecule has 4 bridgehead atoms. The first-order chi connectivity index (χ1) is 18.2. The molecule has 3 N–H and O–H groups in total. The van der Waals surface area contributed by atoms with Crippen LogP contribution in [0.4, 0.5) is 13.2 Å². The minimum atomic E-state index is -4.75. The van der Waals surface area contributed by atoms with Gasteiger partial charge in [0.15, 0.2) is 6.23 Å². The molecule has 0 radical (unpaired) electrons. The molecule has 0 aromatic heterocycles. The topological polar surface area (TPSA) is 101 Å². The van der Waals surface area contributed by atoms with E-state index >= 15 is 0 Å². The number of nitrogens with zero attached hydrogens (tertiary/aromatic N) is 2. The van der Waals surface area contributed by atoms with Crippen LogP contribution in [0.2, 0.25) is 0 Å². The summed E-state index contributed by atoms with van der Waals surface area (Å²) in [5, 5.41) is 15.4. The lowest BCUT2D eigenvalue weighted by Crippen LogP contribution is -2.68. The molecule has 0 spiro atoms. The fraction of sp³-hybridized carbons (Fsp3) is 0.760. The van der Waals surface area contributed by atoms with Crippen LogP contribution in [0.15, 0.2) is 30.3 Å². The molecule has 4 aliphatic heterocycles. The van der Waals surface area contributed by atoms with Crippen LogP contribution < -0.4 is 16.2 Å². The number of fused-ring (bicyclic) bond motifs is 7. The summed E-state index contributed by atoms with van der Waals surface area (Å²) in [7, 11) is 0. The summed E-state index contributed by atoms with van der Waals surface area (Å²) >= 11 is 3.67. The maximum Gasteiger partial charge on any atom is 0.421 e. The molecular formula is C25H35BrF3N5O4. The van der Waals surface area contributed by atoms with E-state index in [-0.39, 0.29) is 41.4 Å². The number of hydrazine groups is 1. The molecule has 4 heterocycles. The van der Waals surface area contributed by atoms with Crippen molar-refractivity contribution in [3.63, 3.8) is 0 Å². The number of alkyl halides is 4. The van der Waals surface area contributed by atoms with Gasteiger partial charge in [-0.05, 0) is 31.2 Å². The molecule has 0 aliphatic carbocycles. The molecule has 4 fully saturated rings. The van der Waals surface area contributed by atoms with Crippen molar-refractivity contribution in [2.45, 2.75) is 111 Å². The maximum absolute atomic E-state index is 14.9. The number of ether oxygens (including phenoxy) is 2. The van der Waals surface area contributed by atoms with Gasteiger partial charge in [0.1, 0.15) is 12.3 Å². The highest BCUT2D eigenvalue weighted by molar-refractivity contribution is 9.09. The molecule has 8 atom stereocenters. The molecule has 0 amide bonds. The number of nitro groups is 1. The first-order valence-electron chi connectivity index (χ1n) is 13.4. The van der Waals surface area contributed by atoms with Crippen LogP contribution in [0.3, 0.4) is 0 Å². The molecule has 1 aromatic rings. The third-order valence-corrected chi connectivity index (χ3v) is 9.31. The third kappa shape index (κ3) is 5.61. The lowest BCUT2D eigenvalue weighted by atomic mass is 9.91. The highest BCUT2D eigenvalue weighted by atomic mass is 79.9. The van der Waals surface area contributed by atoms with Crippen LogP contribution in [0.1, 0.15) is 56.9 Å². The zero-order valence-corrected chi connectivity index (χ0v) is 22.6. The van der Waals surface area contributed by atoms with Gasteiger partial charge in [0.25, 0.3) is 0 Å². The smallest absolute Gasteiger partial charge is 0.357 e. The summed E-state index contributed by atoms with van der Waals surface area (Å²) < 4.78 is 56.4. The van der Waals surface area contributed by atoms with E-state index in [1.165, 1.54) is 0 Å². The van der Waals surface area contributed by atoms with E-state index in [2.05, 4.69) is 37.0 Å². The van der Waals surface area contributed by atoms with Crippen molar-refractivity contribution in [2.75, 3.05) is 6.54 Å². The molecule has 13 heteroatoms. The second kappa shape index (κ2) is 11.6. The minimum absolute atomic E-state index is 0.170. The molecular weight excluding hydrogens is 571 g/mol. The van der Waals surface area contributed by atoms with Crippen molar-refractivity contribution in [3.8, 4) is 0 Å². The monoisotopic (exact) mass is 605 g/mol. The van der Waals surface area contributed by atoms with Crippen molar-refractivity contribution in [3.05, 3.63) is 46.0 Å². The number of hydrogen-bond donors (Lipinski definition) is 3. The van der Waals surface area contributed by atoms with Crippen LogP contribution in [-0.4, -0.2) is 69.7 Å². The Labute approximate surface area is 228 Å². The van der Waals surface area contributed by atoms with Crippen molar-refractivity contribution in [1.29, 1.82) is 0 Å². The fourth-order valence-corrected chi connectivity index (χ4v) is 7.26. The highest BCUT2D eigenvalue weighted by Gasteiger charge is 2.64. The number of hydrogen-bond acceptors (Lipinski definition) is 8. The number of benzene rings is 1. The summed E-state index contributed by atoms with van der Waals surface area (Å²) in [6.07, 6.45) is -2.94. The van der Waals surface area contributed by atoms with Crippen molar-refractivity contribution in [1.82, 2.24) is 21.1 Å². The van der Waals surface area contributed by atoms with E-state index in [0.717, 1.165) is 32.2 Å². The van der Waals surface area contributed by atoms with Crippen LogP contribution >= 0.6 is 15.9 Å². The van der Waals surface area contributed by atoms with Gasteiger partial charge in [-0.1, -0.05) is 65.5 Å². The summed E-state index contributed by atoms with van der Waals surface area (Å²) in [5.74, 6) is 0. The lowest BCUT2D eigenvalue weighted by molar-refractivity contribution is -0.533. The number of halogens is 4. The molecule has 38 heavy (non-hydrogen) atoms. The standard InChI is InChI=1S/C25H35BrF3N5O4/c26-18-14-19(34(35)36)20-22-31-32-23(38-22)24(25(27,28)29,37-15-16-8-3-1-4-9-16)12-6-2-5-10-17-11-7-13-33(17)21(18)30-20/h1,3-4,8-9,17-23,30-32H,2,5-7,10-15H2/t17-,18?,19?,20?,21?,22?,23?,24?/m0/s1. The van der Waals surface area contributed by atoms with Gasteiger partial charge >= 0.3 is 6.18 Å². The fourth-order valence-electron chi connectivity index (χ4n) is 6.42. The van der Waals surface area contributed by atoms with E-state index in [1.54, 1.807) is 30.3 Å². The Bertz CT molecular complexity index is 963. The van der Waals surface area contributed by atoms with Crippen molar-refractivity contribution >= 4 is 15.9 Å². The van der Waals surface area contributed by atoms with Gasteiger partial charge in [-0.15, -0.1) is 0 Å². The number of piperidine rings is 1. The lowest BCUT2D eigenvalue weighted by Gasteiger charge is -2.45. The van der Waals surface area contributed by atoms with E-state index in [9.17, 15) is 23.3 Å². The summed E-state index contributed by atoms with van der Waals surface area (Å²) in [5.41, 5.74) is 3.47. The summed E-state index contributed by atoms with van der Waals surface area (Å²) in [4.78, 5) is 13.9. The molecule has 9 nitrogen and oxygen atoms in total. The first kappa shape index (κ1) is 28.2. The normalized spacial score (nSPS) is 38.9. The molecule has 1 aromatic carbocycles. The zero-order valence-electron chi connectivity index (χ0n) is 21.0. The van der Waals surface area contributed by atoms with E-state index in [0.29, 0.717) is 18.4 Å². The Morgan fingerprint density at radius 1 is 1.16 bits per heavy atom. The zero-order chi connectivity index (χ0) is 26.9. The molecule has 5 rings (SSSR count). The summed E-state index contributed by atoms with van der Waals surface area (Å²) in [6.45, 7) is 0.640. The van der Waals surface area contributed by atoms with Crippen LogP contribution in [0.25, 0.3) is 0 Å². The predicted octanol–water partition coefficient (Wildman–Crippen LogP) is 3.81. The van der Waals surface area contributed by atoms with Crippen LogP contribution in [-0.2, 0) is 16.1 Å². The summed E-state index contributed by atoms with van der Waals surface area (Å²) in [6, 6.07) is 7.12. The average Bonchev–Trinajstić information content (AvgIpc) is 3.55. The van der Waals surface area contributed by atoms with Gasteiger partial charge in [0.05, 0.1) is 12.8 Å². The SMILES string of the molecule is O=[N+]([O-])C1CC(Br)C2NC1C1NNC(O1)C(OCc1ccccc1)(C(F)(F)F)CCCCC[C@H]1CCCN21. The first-order valence-corrected chi connectivity index (χ1v) is 14.3. The predicted molar refractivity (Wildman–Crippen MR) is 137 cm³/mol. The Morgan fingerprint density at radius 2 is 1.92 bits per heavy atom. The number of nitrogens with one attached hydrogen (secondary N) is 3. The average molecular weight is 606 g/mol. The Hall–Kier alpha value is -1.35. The van der Waals surface area contributed by atoms with Crippen molar-refractivity contribution in [2.24, 2.45) is 0 Å². The van der Waals surface area contributed by atoms with Crippen LogP contribution in [0.5, 0.6) is 0 Å². The highest BCUT2D eigenvalue weighted by Crippen LogP contribution is 2.44. The molecule has 4 aliphatic rings. The molecule has 212 valence electrons. The van der Waals surface area contributed by atoms with Crippen LogP contribution in [0, 0.1) is 10.1 Å². The Balaban J connectivity index is 1.46. The van der Waals surface area contributed by atoms with Gasteiger partial charge in [-0.25, -0.2) is 10.9 Å². The molecule has 7 unspecified atom stereocenters. The van der Waals surface area contributed by atoms with E-state index in [4.69, 9.17) is 9.47 Å². The quantitative estimate of drug-likeness (QED) is 0.271. The van der Waals surface area contributed by atoms with E-state index < -0.39 is 36.3 Å². The van der Waals surface area contributed by atoms with Gasteiger partial charge in [0.2, 0.25) is 11.6 Å². The van der Waals surface area contributed by atoms with Crippen molar-refractivity contribution < 1.29 is 27.6 Å². The van der Waals surface area contributed by atoms with Gasteiger partial charge < -0.3 is 9.47 Å². The minimum Gasteiger partial charge on any atom is -0.357 e. The van der Waals surface area contributed by atoms with Gasteiger partial charge in [-0.3, -0.25) is 20.3 Å². The second-order valence-electron chi connectivity index (χ2n) is 10.8. The molecule has 4 saturated heterocycles. The maximum atomic E-state index is 14.9. The van der Waals surface area contributed by atoms with Gasteiger partial charge in [-0.2, -0.15) is 13.2 Å². The third-order valence-electron chi connectivity index (χ3n) is 8.43.